The van der Waals surface area contributed by atoms with Gasteiger partial charge < -0.3 is 9.73 Å². The minimum Gasteiger partial charge on any atom is -0.464 e. The number of amides is 1. The SMILES string of the molecule is Cc1ccc2c(CC(=O)NCCc3ccccn3)coc2c1. The first-order valence-corrected chi connectivity index (χ1v) is 7.36. The molecule has 1 amide bonds. The summed E-state index contributed by atoms with van der Waals surface area (Å²) in [6.07, 6.45) is 4.50. The lowest BCUT2D eigenvalue weighted by Crippen LogP contribution is -2.27. The summed E-state index contributed by atoms with van der Waals surface area (Å²) in [6, 6.07) is 11.8. The first kappa shape index (κ1) is 14.3. The first-order valence-electron chi connectivity index (χ1n) is 7.36. The van der Waals surface area contributed by atoms with Crippen molar-refractivity contribution in [2.75, 3.05) is 6.54 Å². The van der Waals surface area contributed by atoms with Gasteiger partial charge in [0, 0.05) is 35.8 Å². The van der Waals surface area contributed by atoms with Crippen molar-refractivity contribution in [1.29, 1.82) is 0 Å². The van der Waals surface area contributed by atoms with Gasteiger partial charge in [0.1, 0.15) is 5.58 Å². The molecule has 112 valence electrons. The van der Waals surface area contributed by atoms with Crippen LogP contribution < -0.4 is 5.32 Å². The molecule has 3 rings (SSSR count). The molecule has 0 bridgehead atoms. The Morgan fingerprint density at radius 1 is 1.27 bits per heavy atom. The molecule has 22 heavy (non-hydrogen) atoms. The normalized spacial score (nSPS) is 10.8. The summed E-state index contributed by atoms with van der Waals surface area (Å²) >= 11 is 0. The molecule has 2 aromatic heterocycles. The highest BCUT2D eigenvalue weighted by Gasteiger charge is 2.10. The minimum atomic E-state index is -0.000735. The van der Waals surface area contributed by atoms with E-state index in [1.165, 1.54) is 0 Å². The number of nitrogens with one attached hydrogen (secondary N) is 1. The van der Waals surface area contributed by atoms with Crippen molar-refractivity contribution in [3.8, 4) is 0 Å². The van der Waals surface area contributed by atoms with Gasteiger partial charge in [0.15, 0.2) is 0 Å². The van der Waals surface area contributed by atoms with Crippen molar-refractivity contribution in [3.63, 3.8) is 0 Å². The van der Waals surface area contributed by atoms with Crippen LogP contribution >= 0.6 is 0 Å². The van der Waals surface area contributed by atoms with Crippen molar-refractivity contribution in [3.05, 3.63) is 65.7 Å². The third-order valence-electron chi connectivity index (χ3n) is 3.59. The van der Waals surface area contributed by atoms with E-state index in [1.807, 2.05) is 43.3 Å². The summed E-state index contributed by atoms with van der Waals surface area (Å²) in [5.41, 5.74) is 3.88. The van der Waals surface area contributed by atoms with E-state index in [0.717, 1.165) is 34.2 Å². The lowest BCUT2D eigenvalue weighted by molar-refractivity contribution is -0.120. The molecule has 0 radical (unpaired) electrons. The molecule has 0 saturated carbocycles. The van der Waals surface area contributed by atoms with Gasteiger partial charge >= 0.3 is 0 Å². The average molecular weight is 294 g/mol. The second-order valence-corrected chi connectivity index (χ2v) is 5.36. The van der Waals surface area contributed by atoms with E-state index in [-0.39, 0.29) is 5.91 Å². The number of aryl methyl sites for hydroxylation is 1. The van der Waals surface area contributed by atoms with E-state index in [4.69, 9.17) is 4.42 Å². The fourth-order valence-electron chi connectivity index (χ4n) is 2.44. The molecule has 0 aliphatic carbocycles. The Morgan fingerprint density at radius 2 is 2.18 bits per heavy atom. The zero-order chi connectivity index (χ0) is 15.4. The van der Waals surface area contributed by atoms with Crippen LogP contribution in [0.1, 0.15) is 16.8 Å². The number of hydrogen-bond donors (Lipinski definition) is 1. The Hall–Kier alpha value is -2.62. The van der Waals surface area contributed by atoms with Crippen molar-refractivity contribution >= 4 is 16.9 Å². The predicted octanol–water partition coefficient (Wildman–Crippen LogP) is 3.04. The molecule has 0 fully saturated rings. The van der Waals surface area contributed by atoms with Gasteiger partial charge in [-0.1, -0.05) is 18.2 Å². The fraction of sp³-hybridized carbons (Fsp3) is 0.222. The van der Waals surface area contributed by atoms with Gasteiger partial charge in [-0.15, -0.1) is 0 Å². The number of aromatic nitrogens is 1. The van der Waals surface area contributed by atoms with E-state index < -0.39 is 0 Å². The topological polar surface area (TPSA) is 55.1 Å². The lowest BCUT2D eigenvalue weighted by Gasteiger charge is -2.04. The van der Waals surface area contributed by atoms with Crippen LogP contribution in [0.4, 0.5) is 0 Å². The standard InChI is InChI=1S/C18H18N2O2/c1-13-5-6-16-14(12-22-17(16)10-13)11-18(21)20-9-7-15-4-2-3-8-19-15/h2-6,8,10,12H,7,9,11H2,1H3,(H,20,21). The van der Waals surface area contributed by atoms with Crippen LogP contribution in [0.15, 0.2) is 53.3 Å². The quantitative estimate of drug-likeness (QED) is 0.787. The lowest BCUT2D eigenvalue weighted by atomic mass is 10.1. The number of hydrogen-bond acceptors (Lipinski definition) is 3. The molecule has 1 N–H and O–H groups in total. The molecule has 0 unspecified atom stereocenters. The van der Waals surface area contributed by atoms with Gasteiger partial charge in [0.05, 0.1) is 12.7 Å². The molecule has 1 aromatic carbocycles. The second kappa shape index (κ2) is 6.43. The summed E-state index contributed by atoms with van der Waals surface area (Å²) in [4.78, 5) is 16.3. The smallest absolute Gasteiger partial charge is 0.224 e. The summed E-state index contributed by atoms with van der Waals surface area (Å²) < 4.78 is 5.51. The maximum atomic E-state index is 12.0. The number of rotatable bonds is 5. The number of nitrogens with zero attached hydrogens (tertiary/aromatic N) is 1. The predicted molar refractivity (Wildman–Crippen MR) is 85.6 cm³/mol. The largest absolute Gasteiger partial charge is 0.464 e. The summed E-state index contributed by atoms with van der Waals surface area (Å²) in [5, 5.41) is 3.93. The summed E-state index contributed by atoms with van der Waals surface area (Å²) in [6.45, 7) is 2.61. The van der Waals surface area contributed by atoms with E-state index in [0.29, 0.717) is 13.0 Å². The highest BCUT2D eigenvalue weighted by molar-refractivity contribution is 5.87. The van der Waals surface area contributed by atoms with Crippen molar-refractivity contribution in [2.24, 2.45) is 0 Å². The van der Waals surface area contributed by atoms with Gasteiger partial charge in [-0.3, -0.25) is 9.78 Å². The molecule has 2 heterocycles. The Morgan fingerprint density at radius 3 is 3.00 bits per heavy atom. The molecule has 0 saturated heterocycles. The van der Waals surface area contributed by atoms with Crippen LogP contribution in [0.25, 0.3) is 11.0 Å². The van der Waals surface area contributed by atoms with Gasteiger partial charge in [-0.25, -0.2) is 0 Å². The Bertz CT molecular complexity index is 778. The number of furan rings is 1. The molecule has 3 aromatic rings. The Labute approximate surface area is 129 Å². The van der Waals surface area contributed by atoms with Crippen LogP contribution in [0.5, 0.6) is 0 Å². The van der Waals surface area contributed by atoms with Gasteiger partial charge in [0.2, 0.25) is 5.91 Å². The number of fused-ring (bicyclic) bond motifs is 1. The number of carbonyl (C=O) groups is 1. The van der Waals surface area contributed by atoms with Crippen molar-refractivity contribution < 1.29 is 9.21 Å². The third kappa shape index (κ3) is 3.34. The van der Waals surface area contributed by atoms with Gasteiger partial charge in [0.25, 0.3) is 0 Å². The van der Waals surface area contributed by atoms with E-state index in [2.05, 4.69) is 10.3 Å². The van der Waals surface area contributed by atoms with Gasteiger partial charge in [-0.2, -0.15) is 0 Å². The van der Waals surface area contributed by atoms with Crippen LogP contribution in [-0.2, 0) is 17.6 Å². The molecule has 0 atom stereocenters. The van der Waals surface area contributed by atoms with Crippen LogP contribution in [0.2, 0.25) is 0 Å². The minimum absolute atomic E-state index is 0.000735. The van der Waals surface area contributed by atoms with E-state index in [9.17, 15) is 4.79 Å². The van der Waals surface area contributed by atoms with Crippen molar-refractivity contribution in [2.45, 2.75) is 19.8 Å². The molecule has 4 heteroatoms. The number of pyridine rings is 1. The highest BCUT2D eigenvalue weighted by Crippen LogP contribution is 2.22. The highest BCUT2D eigenvalue weighted by atomic mass is 16.3. The Balaban J connectivity index is 1.57. The van der Waals surface area contributed by atoms with E-state index >= 15 is 0 Å². The summed E-state index contributed by atoms with van der Waals surface area (Å²) in [5.74, 6) is -0.000735. The summed E-state index contributed by atoms with van der Waals surface area (Å²) in [7, 11) is 0. The van der Waals surface area contributed by atoms with Crippen LogP contribution in [0, 0.1) is 6.92 Å². The maximum absolute atomic E-state index is 12.0. The average Bonchev–Trinajstić information content (AvgIpc) is 2.90. The van der Waals surface area contributed by atoms with Crippen LogP contribution in [0.3, 0.4) is 0 Å². The monoisotopic (exact) mass is 294 g/mol. The number of benzene rings is 1. The maximum Gasteiger partial charge on any atom is 0.224 e. The second-order valence-electron chi connectivity index (χ2n) is 5.36. The van der Waals surface area contributed by atoms with E-state index in [1.54, 1.807) is 12.5 Å². The molecular formula is C18H18N2O2. The number of carbonyl (C=O) groups excluding carboxylic acids is 1. The molecule has 0 aliphatic rings. The third-order valence-corrected chi connectivity index (χ3v) is 3.59. The van der Waals surface area contributed by atoms with Gasteiger partial charge in [-0.05, 0) is 30.7 Å². The first-order chi connectivity index (χ1) is 10.7. The molecule has 0 spiro atoms. The molecular weight excluding hydrogens is 276 g/mol. The van der Waals surface area contributed by atoms with Crippen LogP contribution in [-0.4, -0.2) is 17.4 Å². The fourth-order valence-corrected chi connectivity index (χ4v) is 2.44. The molecule has 4 nitrogen and oxygen atoms in total. The zero-order valence-corrected chi connectivity index (χ0v) is 12.5. The van der Waals surface area contributed by atoms with Crippen molar-refractivity contribution in [1.82, 2.24) is 10.3 Å². The Kier molecular flexibility index (Phi) is 4.19. The zero-order valence-electron chi connectivity index (χ0n) is 12.5. The molecule has 0 aliphatic heterocycles.